The quantitative estimate of drug-likeness (QED) is 0.127. The smallest absolute Gasteiger partial charge is 0.328 e. The number of carbonyl (C=O) groups is 4. The number of aromatic nitrogens is 2. The highest BCUT2D eigenvalue weighted by Gasteiger charge is 2.30. The number of aryl methyl sites for hydroxylation is 2. The molecule has 0 atom stereocenters. The standard InChI is InChI=1S/C48H54N10O6/c1-63-40-6-4-3-5-38(40)47(61)50-29-32-7-13-37(41(27-32)64-2)44-43(45(49)60)46-51-39-14-12-36(28-33(39)17-22-58(46)53-44)56-25-23-54(24-26-56)30-31-15-19-55(20-16-31)34-8-10-35(11-9-34)57-21-18-42(59)52-48(57)62/h3-14,27-28,31,51H,15-26,29-30H2,1-2H3,(H2,49,60)(H,50,61)(H,52,59,62). The van der Waals surface area contributed by atoms with Gasteiger partial charge in [0.2, 0.25) is 5.91 Å². The first kappa shape index (κ1) is 42.2. The lowest BCUT2D eigenvalue weighted by Crippen LogP contribution is -2.49. The molecule has 0 spiro atoms. The molecule has 0 unspecified atom stereocenters. The van der Waals surface area contributed by atoms with E-state index in [0.717, 1.165) is 86.8 Å². The van der Waals surface area contributed by atoms with Crippen molar-refractivity contribution in [2.45, 2.75) is 38.8 Å². The lowest BCUT2D eigenvalue weighted by atomic mass is 9.95. The molecule has 0 saturated carbocycles. The third-order valence-electron chi connectivity index (χ3n) is 12.9. The number of nitrogens with one attached hydrogen (secondary N) is 3. The van der Waals surface area contributed by atoms with E-state index in [1.807, 2.05) is 41.1 Å². The minimum Gasteiger partial charge on any atom is -0.496 e. The molecule has 5 N–H and O–H groups in total. The molecule has 5 amide bonds. The Morgan fingerprint density at radius 2 is 1.48 bits per heavy atom. The van der Waals surface area contributed by atoms with Crippen LogP contribution < -0.4 is 45.9 Å². The SMILES string of the molecule is COc1ccccc1C(=O)NCc1ccc(-c2nn3c(c2C(N)=O)Nc2ccc(N4CCN(CC5CCN(c6ccc(N7CCC(=O)NC7=O)cc6)CC5)CC4)cc2CC3)c(OC)c1. The molecule has 4 aliphatic rings. The number of piperazine rings is 1. The molecule has 0 radical (unpaired) electrons. The van der Waals surface area contributed by atoms with Crippen LogP contribution in [0.5, 0.6) is 11.5 Å². The van der Waals surface area contributed by atoms with Crippen molar-refractivity contribution in [1.82, 2.24) is 25.3 Å². The Bertz CT molecular complexity index is 2560. The number of anilines is 5. The summed E-state index contributed by atoms with van der Waals surface area (Å²) < 4.78 is 13.0. The van der Waals surface area contributed by atoms with Gasteiger partial charge < -0.3 is 35.6 Å². The second-order valence-electron chi connectivity index (χ2n) is 16.8. The molecular formula is C48H54N10O6. The molecule has 332 valence electrons. The molecule has 3 fully saturated rings. The maximum absolute atomic E-state index is 13.1. The van der Waals surface area contributed by atoms with Crippen molar-refractivity contribution in [2.75, 3.05) is 86.6 Å². The topological polar surface area (TPSA) is 180 Å². The molecule has 9 rings (SSSR count). The van der Waals surface area contributed by atoms with Gasteiger partial charge in [0.1, 0.15) is 28.6 Å². The van der Waals surface area contributed by atoms with Gasteiger partial charge in [-0.3, -0.25) is 29.5 Å². The van der Waals surface area contributed by atoms with Crippen LogP contribution in [0.2, 0.25) is 0 Å². The maximum Gasteiger partial charge on any atom is 0.328 e. The first-order chi connectivity index (χ1) is 31.1. The second-order valence-corrected chi connectivity index (χ2v) is 16.8. The van der Waals surface area contributed by atoms with Gasteiger partial charge >= 0.3 is 6.03 Å². The third-order valence-corrected chi connectivity index (χ3v) is 12.9. The van der Waals surface area contributed by atoms with Crippen LogP contribution in [0.4, 0.5) is 33.4 Å². The van der Waals surface area contributed by atoms with Crippen molar-refractivity contribution in [1.29, 1.82) is 0 Å². The molecule has 0 aliphatic carbocycles. The lowest BCUT2D eigenvalue weighted by Gasteiger charge is -2.40. The summed E-state index contributed by atoms with van der Waals surface area (Å²) in [5.41, 5.74) is 13.9. The van der Waals surface area contributed by atoms with E-state index in [2.05, 4.69) is 61.0 Å². The number of urea groups is 1. The fourth-order valence-corrected chi connectivity index (χ4v) is 9.36. The van der Waals surface area contributed by atoms with Gasteiger partial charge in [0.05, 0.1) is 19.8 Å². The number of fused-ring (bicyclic) bond motifs is 2. The van der Waals surface area contributed by atoms with Crippen LogP contribution >= 0.6 is 0 Å². The van der Waals surface area contributed by atoms with Crippen LogP contribution in [0, 0.1) is 5.92 Å². The summed E-state index contributed by atoms with van der Waals surface area (Å²) >= 11 is 0. The van der Waals surface area contributed by atoms with Crippen molar-refractivity contribution in [2.24, 2.45) is 11.7 Å². The second kappa shape index (κ2) is 18.3. The summed E-state index contributed by atoms with van der Waals surface area (Å²) in [6, 6.07) is 26.8. The van der Waals surface area contributed by atoms with Crippen LogP contribution in [0.3, 0.4) is 0 Å². The van der Waals surface area contributed by atoms with E-state index in [4.69, 9.17) is 20.3 Å². The van der Waals surface area contributed by atoms with E-state index in [0.29, 0.717) is 66.0 Å². The number of hydrogen-bond acceptors (Lipinski definition) is 11. The van der Waals surface area contributed by atoms with Crippen LogP contribution in [-0.2, 0) is 24.3 Å². The normalized spacial score (nSPS) is 16.9. The van der Waals surface area contributed by atoms with Gasteiger partial charge in [-0.25, -0.2) is 9.48 Å². The molecule has 5 aromatic rings. The van der Waals surface area contributed by atoms with Gasteiger partial charge in [-0.1, -0.05) is 18.2 Å². The fraction of sp³-hybridized carbons (Fsp3) is 0.354. The number of ether oxygens (including phenoxy) is 2. The molecule has 64 heavy (non-hydrogen) atoms. The minimum absolute atomic E-state index is 0.226. The largest absolute Gasteiger partial charge is 0.496 e. The molecular weight excluding hydrogens is 813 g/mol. The van der Waals surface area contributed by atoms with E-state index >= 15 is 0 Å². The average Bonchev–Trinajstić information content (AvgIpc) is 3.58. The number of methoxy groups -OCH3 is 2. The highest BCUT2D eigenvalue weighted by Crippen LogP contribution is 2.39. The van der Waals surface area contributed by atoms with Crippen molar-refractivity contribution in [3.63, 3.8) is 0 Å². The zero-order valence-electron chi connectivity index (χ0n) is 36.3. The zero-order chi connectivity index (χ0) is 44.3. The predicted octanol–water partition coefficient (Wildman–Crippen LogP) is 5.38. The highest BCUT2D eigenvalue weighted by atomic mass is 16.5. The van der Waals surface area contributed by atoms with Crippen LogP contribution in [-0.4, -0.2) is 105 Å². The van der Waals surface area contributed by atoms with Gasteiger partial charge in [-0.2, -0.15) is 5.10 Å². The molecule has 1 aromatic heterocycles. The van der Waals surface area contributed by atoms with Crippen LogP contribution in [0.25, 0.3) is 11.3 Å². The van der Waals surface area contributed by atoms with Crippen LogP contribution in [0.15, 0.2) is 84.9 Å². The minimum atomic E-state index is -0.598. The number of amides is 5. The lowest BCUT2D eigenvalue weighted by molar-refractivity contribution is -0.120. The summed E-state index contributed by atoms with van der Waals surface area (Å²) in [5, 5.41) is 13.8. The van der Waals surface area contributed by atoms with Gasteiger partial charge in [-0.05, 0) is 103 Å². The molecule has 16 nitrogen and oxygen atoms in total. The highest BCUT2D eigenvalue weighted by molar-refractivity contribution is 6.06. The Kier molecular flexibility index (Phi) is 12.1. The molecule has 16 heteroatoms. The number of nitrogens with zero attached hydrogens (tertiary/aromatic N) is 6. The number of para-hydroxylation sites is 1. The van der Waals surface area contributed by atoms with Gasteiger partial charge in [-0.15, -0.1) is 0 Å². The Balaban J connectivity index is 0.792. The number of piperidine rings is 1. The fourth-order valence-electron chi connectivity index (χ4n) is 9.36. The van der Waals surface area contributed by atoms with Crippen molar-refractivity contribution in [3.05, 3.63) is 107 Å². The molecule has 4 aromatic carbocycles. The number of primary amides is 1. The van der Waals surface area contributed by atoms with Gasteiger partial charge in [0.15, 0.2) is 0 Å². The maximum atomic E-state index is 13.1. The van der Waals surface area contributed by atoms with E-state index in [1.165, 1.54) is 12.8 Å². The monoisotopic (exact) mass is 866 g/mol. The van der Waals surface area contributed by atoms with Gasteiger partial charge in [0.25, 0.3) is 11.8 Å². The number of hydrogen-bond donors (Lipinski definition) is 4. The Hall–Kier alpha value is -7.07. The first-order valence-corrected chi connectivity index (χ1v) is 22.0. The van der Waals surface area contributed by atoms with E-state index in [1.54, 1.807) is 30.2 Å². The number of rotatable bonds is 12. The molecule has 4 aliphatic heterocycles. The van der Waals surface area contributed by atoms with Gasteiger partial charge in [0, 0.05) is 100 Å². The first-order valence-electron chi connectivity index (χ1n) is 22.0. The molecule has 5 heterocycles. The van der Waals surface area contributed by atoms with Crippen molar-refractivity contribution < 1.29 is 28.7 Å². The Labute approximate surface area is 372 Å². The summed E-state index contributed by atoms with van der Waals surface area (Å²) in [7, 11) is 3.09. The number of nitrogens with two attached hydrogens (primary N) is 1. The van der Waals surface area contributed by atoms with Crippen molar-refractivity contribution in [3.8, 4) is 22.8 Å². The zero-order valence-corrected chi connectivity index (χ0v) is 36.3. The Morgan fingerprint density at radius 3 is 2.22 bits per heavy atom. The number of carbonyl (C=O) groups excluding carboxylic acids is 4. The Morgan fingerprint density at radius 1 is 0.766 bits per heavy atom. The van der Waals surface area contributed by atoms with Crippen LogP contribution in [0.1, 0.15) is 51.1 Å². The number of benzene rings is 4. The molecule has 3 saturated heterocycles. The van der Waals surface area contributed by atoms with E-state index in [9.17, 15) is 19.2 Å². The summed E-state index contributed by atoms with van der Waals surface area (Å²) in [6.45, 7) is 8.23. The summed E-state index contributed by atoms with van der Waals surface area (Å²) in [6.07, 6.45) is 3.30. The number of imide groups is 1. The summed E-state index contributed by atoms with van der Waals surface area (Å²) in [4.78, 5) is 59.0. The van der Waals surface area contributed by atoms with Crippen molar-refractivity contribution >= 4 is 52.3 Å². The predicted molar refractivity (Wildman–Crippen MR) is 246 cm³/mol. The van der Waals surface area contributed by atoms with E-state index < -0.39 is 5.91 Å². The summed E-state index contributed by atoms with van der Waals surface area (Å²) in [5.74, 6) is 1.11. The van der Waals surface area contributed by atoms with E-state index in [-0.39, 0.29) is 30.0 Å². The molecule has 0 bridgehead atoms. The average molecular weight is 867 g/mol. The third kappa shape index (κ3) is 8.78.